The fraction of sp³-hybridized carbons (Fsp3) is 0.304. The first kappa shape index (κ1) is 19.8. The molecule has 0 atom stereocenters. The van der Waals surface area contributed by atoms with Crippen molar-refractivity contribution in [2.75, 3.05) is 13.2 Å². The average Bonchev–Trinajstić information content (AvgIpc) is 3.24. The molecule has 1 aliphatic heterocycles. The molecule has 30 heavy (non-hydrogen) atoms. The van der Waals surface area contributed by atoms with E-state index in [0.29, 0.717) is 24.0 Å². The third kappa shape index (κ3) is 4.40. The molecule has 0 unspecified atom stereocenters. The largest absolute Gasteiger partial charge is 0.452 e. The molecule has 7 nitrogen and oxygen atoms in total. The maximum absolute atomic E-state index is 12.5. The monoisotopic (exact) mass is 405 g/mol. The summed E-state index contributed by atoms with van der Waals surface area (Å²) in [6, 6.07) is 14.7. The Morgan fingerprint density at radius 1 is 1.13 bits per heavy atom. The van der Waals surface area contributed by atoms with Gasteiger partial charge in [0.05, 0.1) is 16.5 Å². The highest BCUT2D eigenvalue weighted by Crippen LogP contribution is 2.16. The summed E-state index contributed by atoms with van der Waals surface area (Å²) >= 11 is 0. The topological polar surface area (TPSA) is 90.3 Å². The molecule has 0 radical (unpaired) electrons. The highest BCUT2D eigenvalue weighted by molar-refractivity contribution is 5.95. The molecule has 1 N–H and O–H groups in total. The Morgan fingerprint density at radius 2 is 1.97 bits per heavy atom. The lowest BCUT2D eigenvalue weighted by Gasteiger charge is -2.08. The number of hydrogen-bond acceptors (Lipinski definition) is 5. The van der Waals surface area contributed by atoms with Gasteiger partial charge in [-0.1, -0.05) is 30.3 Å². The average molecular weight is 405 g/mol. The molecule has 2 heterocycles. The van der Waals surface area contributed by atoms with Crippen molar-refractivity contribution < 1.29 is 14.3 Å². The quantitative estimate of drug-likeness (QED) is 0.481. The number of aryl methyl sites for hydroxylation is 2. The number of esters is 1. The van der Waals surface area contributed by atoms with Gasteiger partial charge in [0.1, 0.15) is 5.82 Å². The van der Waals surface area contributed by atoms with E-state index in [1.54, 1.807) is 16.7 Å². The minimum Gasteiger partial charge on any atom is -0.452 e. The lowest BCUT2D eigenvalue weighted by molar-refractivity contribution is -0.124. The fourth-order valence-corrected chi connectivity index (χ4v) is 3.64. The molecule has 0 fully saturated rings. The van der Waals surface area contributed by atoms with Gasteiger partial charge in [-0.25, -0.2) is 9.78 Å². The van der Waals surface area contributed by atoms with Gasteiger partial charge in [0.15, 0.2) is 6.61 Å². The molecule has 7 heteroatoms. The van der Waals surface area contributed by atoms with Gasteiger partial charge in [-0.05, 0) is 43.0 Å². The van der Waals surface area contributed by atoms with Gasteiger partial charge >= 0.3 is 5.97 Å². The third-order valence-electron chi connectivity index (χ3n) is 5.19. The molecule has 4 rings (SSSR count). The molecule has 1 aliphatic rings. The van der Waals surface area contributed by atoms with Gasteiger partial charge in [-0.2, -0.15) is 0 Å². The summed E-state index contributed by atoms with van der Waals surface area (Å²) in [6.07, 6.45) is 3.33. The summed E-state index contributed by atoms with van der Waals surface area (Å²) < 4.78 is 6.80. The Labute approximate surface area is 173 Å². The van der Waals surface area contributed by atoms with E-state index in [9.17, 15) is 14.4 Å². The number of nitrogens with zero attached hydrogens (tertiary/aromatic N) is 2. The van der Waals surface area contributed by atoms with E-state index < -0.39 is 5.97 Å². The minimum absolute atomic E-state index is 0.0812. The predicted molar refractivity (Wildman–Crippen MR) is 112 cm³/mol. The second kappa shape index (κ2) is 8.90. The summed E-state index contributed by atoms with van der Waals surface area (Å²) in [5, 5.41) is 3.23. The summed E-state index contributed by atoms with van der Waals surface area (Å²) in [5.74, 6) is -0.210. The zero-order chi connectivity index (χ0) is 20.9. The summed E-state index contributed by atoms with van der Waals surface area (Å²) in [4.78, 5) is 41.2. The van der Waals surface area contributed by atoms with E-state index in [1.807, 2.05) is 30.3 Å². The van der Waals surface area contributed by atoms with Crippen molar-refractivity contribution in [2.24, 2.45) is 0 Å². The Hall–Kier alpha value is -3.48. The van der Waals surface area contributed by atoms with E-state index in [1.165, 1.54) is 11.6 Å². The van der Waals surface area contributed by atoms with Gasteiger partial charge in [0.25, 0.3) is 11.5 Å². The maximum Gasteiger partial charge on any atom is 0.338 e. The Bertz CT molecular complexity index is 1140. The van der Waals surface area contributed by atoms with E-state index in [0.717, 1.165) is 31.5 Å². The van der Waals surface area contributed by atoms with Crippen LogP contribution in [0.3, 0.4) is 0 Å². The first-order chi connectivity index (χ1) is 14.6. The molecule has 1 aromatic heterocycles. The van der Waals surface area contributed by atoms with Crippen molar-refractivity contribution in [3.63, 3.8) is 0 Å². The Morgan fingerprint density at radius 3 is 2.80 bits per heavy atom. The molecule has 0 saturated carbocycles. The Balaban J connectivity index is 1.29. The molecule has 1 amide bonds. The second-order valence-electron chi connectivity index (χ2n) is 7.34. The maximum atomic E-state index is 12.5. The lowest BCUT2D eigenvalue weighted by Crippen LogP contribution is -2.29. The third-order valence-corrected chi connectivity index (χ3v) is 5.19. The first-order valence-corrected chi connectivity index (χ1v) is 10.1. The van der Waals surface area contributed by atoms with E-state index in [2.05, 4.69) is 10.3 Å². The van der Waals surface area contributed by atoms with Crippen LogP contribution < -0.4 is 10.9 Å². The van der Waals surface area contributed by atoms with Gasteiger partial charge in [0.2, 0.25) is 0 Å². The Kier molecular flexibility index (Phi) is 5.88. The predicted octanol–water partition coefficient (Wildman–Crippen LogP) is 2.25. The van der Waals surface area contributed by atoms with Crippen molar-refractivity contribution >= 4 is 22.8 Å². The van der Waals surface area contributed by atoms with Gasteiger partial charge < -0.3 is 10.1 Å². The van der Waals surface area contributed by atoms with Gasteiger partial charge in [0, 0.05) is 19.5 Å². The highest BCUT2D eigenvalue weighted by Gasteiger charge is 2.17. The number of amides is 1. The van der Waals surface area contributed by atoms with Crippen LogP contribution in [0.25, 0.3) is 10.9 Å². The number of aromatic nitrogens is 2. The van der Waals surface area contributed by atoms with Crippen molar-refractivity contribution in [2.45, 2.75) is 32.2 Å². The minimum atomic E-state index is -0.612. The fourth-order valence-electron chi connectivity index (χ4n) is 3.64. The number of fused-ring (bicyclic) bond motifs is 2. The first-order valence-electron chi connectivity index (χ1n) is 10.1. The van der Waals surface area contributed by atoms with Crippen LogP contribution in [0.5, 0.6) is 0 Å². The van der Waals surface area contributed by atoms with Crippen LogP contribution in [-0.4, -0.2) is 34.6 Å². The molecule has 2 aromatic carbocycles. The summed E-state index contributed by atoms with van der Waals surface area (Å²) in [5.41, 5.74) is 1.89. The molecule has 0 aliphatic carbocycles. The van der Waals surface area contributed by atoms with Crippen LogP contribution >= 0.6 is 0 Å². The lowest BCUT2D eigenvalue weighted by atomic mass is 10.1. The summed E-state index contributed by atoms with van der Waals surface area (Å²) in [7, 11) is 0. The van der Waals surface area contributed by atoms with Crippen LogP contribution in [0.2, 0.25) is 0 Å². The zero-order valence-corrected chi connectivity index (χ0v) is 16.6. The SMILES string of the molecule is O=C(COC(=O)c1ccc2c(=O)n3c(nc2c1)CCC3)NCCCc1ccccc1. The molecular formula is C23H23N3O4. The normalized spacial score (nSPS) is 12.5. The van der Waals surface area contributed by atoms with E-state index >= 15 is 0 Å². The van der Waals surface area contributed by atoms with Crippen LogP contribution in [0.4, 0.5) is 0 Å². The molecule has 3 aromatic rings. The zero-order valence-electron chi connectivity index (χ0n) is 16.6. The van der Waals surface area contributed by atoms with Crippen molar-refractivity contribution in [3.8, 4) is 0 Å². The van der Waals surface area contributed by atoms with Crippen molar-refractivity contribution in [1.29, 1.82) is 0 Å². The highest BCUT2D eigenvalue weighted by atomic mass is 16.5. The summed E-state index contributed by atoms with van der Waals surface area (Å²) in [6.45, 7) is 0.851. The number of hydrogen-bond donors (Lipinski definition) is 1. The number of benzene rings is 2. The smallest absolute Gasteiger partial charge is 0.338 e. The number of carbonyl (C=O) groups is 2. The number of rotatable bonds is 7. The standard InChI is InChI=1S/C23H23N3O4/c27-21(24-12-4-8-16-6-2-1-3-7-16)15-30-23(29)17-10-11-18-19(14-17)25-20-9-5-13-26(20)22(18)28/h1-3,6-7,10-11,14H,4-5,8-9,12-13,15H2,(H,24,27). The second-order valence-corrected chi connectivity index (χ2v) is 7.34. The van der Waals surface area contributed by atoms with Crippen LogP contribution in [0.15, 0.2) is 53.3 Å². The molecule has 154 valence electrons. The molecule has 0 saturated heterocycles. The van der Waals surface area contributed by atoms with E-state index in [4.69, 9.17) is 4.74 Å². The molecule has 0 bridgehead atoms. The van der Waals surface area contributed by atoms with Gasteiger partial charge in [-0.15, -0.1) is 0 Å². The number of carbonyl (C=O) groups excluding carboxylic acids is 2. The van der Waals surface area contributed by atoms with Gasteiger partial charge in [-0.3, -0.25) is 14.2 Å². The van der Waals surface area contributed by atoms with Crippen molar-refractivity contribution in [1.82, 2.24) is 14.9 Å². The van der Waals surface area contributed by atoms with Crippen LogP contribution in [-0.2, 0) is 28.9 Å². The molecular weight excluding hydrogens is 382 g/mol. The van der Waals surface area contributed by atoms with E-state index in [-0.39, 0.29) is 23.6 Å². The molecule has 0 spiro atoms. The van der Waals surface area contributed by atoms with Crippen LogP contribution in [0, 0.1) is 0 Å². The van der Waals surface area contributed by atoms with Crippen LogP contribution in [0.1, 0.15) is 34.6 Å². The number of nitrogens with one attached hydrogen (secondary N) is 1. The number of ether oxygens (including phenoxy) is 1. The van der Waals surface area contributed by atoms with Crippen molar-refractivity contribution in [3.05, 3.63) is 75.8 Å².